The van der Waals surface area contributed by atoms with Gasteiger partial charge in [-0.05, 0) is 19.1 Å². The Labute approximate surface area is 83.9 Å². The molecule has 0 amide bonds. The third kappa shape index (κ3) is 3.27. The zero-order valence-electron chi connectivity index (χ0n) is 8.59. The number of thioether (sulfide) groups is 1. The van der Waals surface area contributed by atoms with Gasteiger partial charge < -0.3 is 5.73 Å². The lowest BCUT2D eigenvalue weighted by Crippen LogP contribution is -2.07. The molecule has 1 rings (SSSR count). The quantitative estimate of drug-likeness (QED) is 0.702. The minimum atomic E-state index is 0.204. The molecule has 0 aromatic carbocycles. The van der Waals surface area contributed by atoms with Gasteiger partial charge in [-0.25, -0.2) is 4.98 Å². The molecule has 0 saturated heterocycles. The first kappa shape index (κ1) is 10.4. The molecule has 0 fully saturated rings. The summed E-state index contributed by atoms with van der Waals surface area (Å²) in [5.41, 5.74) is 7.35. The highest BCUT2D eigenvalue weighted by Gasteiger charge is 2.13. The van der Waals surface area contributed by atoms with Gasteiger partial charge >= 0.3 is 0 Å². The van der Waals surface area contributed by atoms with Crippen molar-refractivity contribution >= 4 is 17.4 Å². The number of pyridine rings is 1. The van der Waals surface area contributed by atoms with Gasteiger partial charge in [0.05, 0.1) is 16.4 Å². The van der Waals surface area contributed by atoms with Crippen molar-refractivity contribution in [1.29, 1.82) is 0 Å². The predicted molar refractivity (Wildman–Crippen MR) is 59.0 cm³/mol. The Hall–Kier alpha value is -0.700. The number of rotatable bonds is 1. The zero-order chi connectivity index (χ0) is 10.1. The number of nitrogens with zero attached hydrogens (tertiary/aromatic N) is 1. The SMILES string of the molecule is Cc1nc(SC(C)(C)C)ccc1N. The van der Waals surface area contributed by atoms with E-state index in [2.05, 4.69) is 25.8 Å². The molecule has 1 aromatic heterocycles. The summed E-state index contributed by atoms with van der Waals surface area (Å²) in [4.78, 5) is 4.40. The maximum absolute atomic E-state index is 5.68. The molecular formula is C10H16N2S. The van der Waals surface area contributed by atoms with E-state index in [0.717, 1.165) is 16.4 Å². The molecule has 72 valence electrons. The van der Waals surface area contributed by atoms with Crippen LogP contribution >= 0.6 is 11.8 Å². The summed E-state index contributed by atoms with van der Waals surface area (Å²) in [6.45, 7) is 8.45. The minimum absolute atomic E-state index is 0.204. The molecule has 0 aliphatic heterocycles. The van der Waals surface area contributed by atoms with E-state index in [0.29, 0.717) is 0 Å². The summed E-state index contributed by atoms with van der Waals surface area (Å²) >= 11 is 1.76. The number of anilines is 1. The summed E-state index contributed by atoms with van der Waals surface area (Å²) < 4.78 is 0.204. The molecular weight excluding hydrogens is 180 g/mol. The summed E-state index contributed by atoms with van der Waals surface area (Å²) in [5, 5.41) is 1.04. The minimum Gasteiger partial charge on any atom is -0.397 e. The monoisotopic (exact) mass is 196 g/mol. The van der Waals surface area contributed by atoms with Gasteiger partial charge in [0.1, 0.15) is 0 Å². The van der Waals surface area contributed by atoms with E-state index in [1.165, 1.54) is 0 Å². The van der Waals surface area contributed by atoms with E-state index < -0.39 is 0 Å². The van der Waals surface area contributed by atoms with Gasteiger partial charge in [-0.3, -0.25) is 0 Å². The maximum Gasteiger partial charge on any atom is 0.0969 e. The highest BCUT2D eigenvalue weighted by molar-refractivity contribution is 8.00. The second kappa shape index (κ2) is 3.58. The van der Waals surface area contributed by atoms with E-state index in [1.807, 2.05) is 19.1 Å². The molecule has 0 spiro atoms. The first-order valence-electron chi connectivity index (χ1n) is 4.30. The van der Waals surface area contributed by atoms with Crippen LogP contribution in [0.4, 0.5) is 5.69 Å². The Kier molecular flexibility index (Phi) is 2.86. The number of nitrogen functional groups attached to an aromatic ring is 1. The van der Waals surface area contributed by atoms with Crippen molar-refractivity contribution in [2.24, 2.45) is 0 Å². The molecule has 1 aromatic rings. The Balaban J connectivity index is 2.86. The molecule has 13 heavy (non-hydrogen) atoms. The van der Waals surface area contributed by atoms with Gasteiger partial charge in [0.15, 0.2) is 0 Å². The highest BCUT2D eigenvalue weighted by atomic mass is 32.2. The van der Waals surface area contributed by atoms with Gasteiger partial charge in [0.2, 0.25) is 0 Å². The van der Waals surface area contributed by atoms with Gasteiger partial charge in [-0.1, -0.05) is 20.8 Å². The number of nitrogens with two attached hydrogens (primary N) is 1. The molecule has 0 atom stereocenters. The molecule has 2 nitrogen and oxygen atoms in total. The fraction of sp³-hybridized carbons (Fsp3) is 0.500. The molecule has 2 N–H and O–H groups in total. The summed E-state index contributed by atoms with van der Waals surface area (Å²) in [6, 6.07) is 3.88. The smallest absolute Gasteiger partial charge is 0.0969 e. The predicted octanol–water partition coefficient (Wildman–Crippen LogP) is 2.86. The Morgan fingerprint density at radius 2 is 1.92 bits per heavy atom. The van der Waals surface area contributed by atoms with Crippen LogP contribution in [0.2, 0.25) is 0 Å². The molecule has 0 aliphatic carbocycles. The number of hydrogen-bond donors (Lipinski definition) is 1. The van der Waals surface area contributed by atoms with Crippen LogP contribution in [0.15, 0.2) is 17.2 Å². The fourth-order valence-electron chi connectivity index (χ4n) is 0.919. The zero-order valence-corrected chi connectivity index (χ0v) is 9.40. The van der Waals surface area contributed by atoms with Crippen LogP contribution in [-0.4, -0.2) is 9.73 Å². The van der Waals surface area contributed by atoms with Crippen LogP contribution in [0, 0.1) is 6.92 Å². The fourth-order valence-corrected chi connectivity index (χ4v) is 1.87. The van der Waals surface area contributed by atoms with Gasteiger partial charge in [-0.15, -0.1) is 11.8 Å². The van der Waals surface area contributed by atoms with Gasteiger partial charge in [-0.2, -0.15) is 0 Å². The average Bonchev–Trinajstić information content (AvgIpc) is 1.94. The maximum atomic E-state index is 5.68. The van der Waals surface area contributed by atoms with Crippen molar-refractivity contribution in [1.82, 2.24) is 4.98 Å². The first-order valence-corrected chi connectivity index (χ1v) is 5.12. The van der Waals surface area contributed by atoms with Gasteiger partial charge in [0, 0.05) is 4.75 Å². The van der Waals surface area contributed by atoms with Crippen LogP contribution in [0.5, 0.6) is 0 Å². The summed E-state index contributed by atoms with van der Waals surface area (Å²) in [7, 11) is 0. The number of hydrogen-bond acceptors (Lipinski definition) is 3. The number of aromatic nitrogens is 1. The Morgan fingerprint density at radius 1 is 1.31 bits per heavy atom. The van der Waals surface area contributed by atoms with Crippen LogP contribution in [0.1, 0.15) is 26.5 Å². The van der Waals surface area contributed by atoms with E-state index in [-0.39, 0.29) is 4.75 Å². The molecule has 0 bridgehead atoms. The lowest BCUT2D eigenvalue weighted by molar-refractivity contribution is 0.798. The van der Waals surface area contributed by atoms with Crippen molar-refractivity contribution in [2.45, 2.75) is 37.5 Å². The van der Waals surface area contributed by atoms with Gasteiger partial charge in [0.25, 0.3) is 0 Å². The van der Waals surface area contributed by atoms with E-state index in [9.17, 15) is 0 Å². The second-order valence-corrected chi connectivity index (χ2v) is 5.89. The molecule has 0 aliphatic rings. The molecule has 0 radical (unpaired) electrons. The van der Waals surface area contributed by atoms with Crippen molar-refractivity contribution in [3.8, 4) is 0 Å². The van der Waals surface area contributed by atoms with Crippen molar-refractivity contribution < 1.29 is 0 Å². The molecule has 3 heteroatoms. The molecule has 1 heterocycles. The van der Waals surface area contributed by atoms with Crippen LogP contribution < -0.4 is 5.73 Å². The van der Waals surface area contributed by atoms with Crippen LogP contribution in [0.25, 0.3) is 0 Å². The normalized spacial score (nSPS) is 11.7. The standard InChI is InChI=1S/C10H16N2S/c1-7-8(11)5-6-9(12-7)13-10(2,3)4/h5-6H,11H2,1-4H3. The largest absolute Gasteiger partial charge is 0.397 e. The average molecular weight is 196 g/mol. The third-order valence-electron chi connectivity index (χ3n) is 1.51. The van der Waals surface area contributed by atoms with Crippen molar-refractivity contribution in [3.63, 3.8) is 0 Å². The topological polar surface area (TPSA) is 38.9 Å². The lowest BCUT2D eigenvalue weighted by Gasteiger charge is -2.17. The Bertz CT molecular complexity index is 302. The van der Waals surface area contributed by atoms with Crippen LogP contribution in [-0.2, 0) is 0 Å². The first-order chi connectivity index (χ1) is 5.88. The Morgan fingerprint density at radius 3 is 2.38 bits per heavy atom. The van der Waals surface area contributed by atoms with Crippen LogP contribution in [0.3, 0.4) is 0 Å². The number of aryl methyl sites for hydroxylation is 1. The van der Waals surface area contributed by atoms with Crippen molar-refractivity contribution in [2.75, 3.05) is 5.73 Å². The molecule has 0 saturated carbocycles. The lowest BCUT2D eigenvalue weighted by atomic mass is 10.3. The molecule has 0 unspecified atom stereocenters. The third-order valence-corrected chi connectivity index (χ3v) is 2.56. The highest BCUT2D eigenvalue weighted by Crippen LogP contribution is 2.30. The summed E-state index contributed by atoms with van der Waals surface area (Å²) in [6.07, 6.45) is 0. The van der Waals surface area contributed by atoms with E-state index in [1.54, 1.807) is 11.8 Å². The summed E-state index contributed by atoms with van der Waals surface area (Å²) in [5.74, 6) is 0. The second-order valence-electron chi connectivity index (χ2n) is 4.04. The van der Waals surface area contributed by atoms with Crippen molar-refractivity contribution in [3.05, 3.63) is 17.8 Å². The van der Waals surface area contributed by atoms with E-state index >= 15 is 0 Å². The van der Waals surface area contributed by atoms with E-state index in [4.69, 9.17) is 5.73 Å².